The number of amides is 2. The molecule has 0 unspecified atom stereocenters. The molecule has 6 nitrogen and oxygen atoms in total. The Balaban J connectivity index is 1.94. The molecule has 0 atom stereocenters. The minimum atomic E-state index is -0.364. The number of nitriles is 1. The zero-order chi connectivity index (χ0) is 17.4. The Bertz CT molecular complexity index is 764. The van der Waals surface area contributed by atoms with E-state index in [2.05, 4.69) is 10.6 Å². The van der Waals surface area contributed by atoms with Crippen LogP contribution in [0, 0.1) is 11.3 Å². The van der Waals surface area contributed by atoms with Crippen molar-refractivity contribution < 1.29 is 14.3 Å². The van der Waals surface area contributed by atoms with Crippen molar-refractivity contribution >= 4 is 17.5 Å². The van der Waals surface area contributed by atoms with Crippen molar-refractivity contribution in [3.63, 3.8) is 0 Å². The minimum absolute atomic E-state index is 0.196. The van der Waals surface area contributed by atoms with Crippen LogP contribution in [0.1, 0.15) is 22.3 Å². The average Bonchev–Trinajstić information content (AvgIpc) is 2.60. The summed E-state index contributed by atoms with van der Waals surface area (Å²) in [6, 6.07) is 15.7. The first-order valence-corrected chi connectivity index (χ1v) is 7.30. The highest BCUT2D eigenvalue weighted by Crippen LogP contribution is 2.13. The molecule has 0 aliphatic rings. The fourth-order valence-corrected chi connectivity index (χ4v) is 2.06. The number of nitrogens with zero attached hydrogens (tertiary/aromatic N) is 1. The van der Waals surface area contributed by atoms with Gasteiger partial charge in [-0.1, -0.05) is 12.1 Å². The van der Waals surface area contributed by atoms with E-state index in [0.717, 1.165) is 5.56 Å². The monoisotopic (exact) mass is 323 g/mol. The second-order valence-electron chi connectivity index (χ2n) is 4.99. The van der Waals surface area contributed by atoms with Crippen LogP contribution in [0.4, 0.5) is 5.69 Å². The van der Waals surface area contributed by atoms with Crippen molar-refractivity contribution in [3.05, 3.63) is 59.7 Å². The number of rotatable bonds is 6. The highest BCUT2D eigenvalue weighted by molar-refractivity contribution is 5.94. The van der Waals surface area contributed by atoms with Gasteiger partial charge >= 0.3 is 0 Å². The van der Waals surface area contributed by atoms with Gasteiger partial charge in [-0.25, -0.2) is 0 Å². The van der Waals surface area contributed by atoms with Crippen LogP contribution in [0.2, 0.25) is 0 Å². The lowest BCUT2D eigenvalue weighted by atomic mass is 10.1. The maximum atomic E-state index is 12.1. The predicted octanol–water partition coefficient (Wildman–Crippen LogP) is 2.48. The van der Waals surface area contributed by atoms with Crippen LogP contribution >= 0.6 is 0 Å². The number of carbonyl (C=O) groups is 2. The maximum Gasteiger partial charge on any atom is 0.251 e. The molecule has 2 amide bonds. The van der Waals surface area contributed by atoms with Crippen molar-refractivity contribution in [1.82, 2.24) is 5.32 Å². The van der Waals surface area contributed by atoms with Crippen LogP contribution in [0.3, 0.4) is 0 Å². The third-order valence-corrected chi connectivity index (χ3v) is 3.26. The summed E-state index contributed by atoms with van der Waals surface area (Å²) in [6.45, 7) is 0.326. The van der Waals surface area contributed by atoms with Gasteiger partial charge in [0, 0.05) is 17.8 Å². The summed E-state index contributed by atoms with van der Waals surface area (Å²) >= 11 is 0. The number of hydrogen-bond acceptors (Lipinski definition) is 4. The summed E-state index contributed by atoms with van der Waals surface area (Å²) < 4.78 is 5.05. The normalized spacial score (nSPS) is 9.67. The summed E-state index contributed by atoms with van der Waals surface area (Å²) in [7, 11) is 1.57. The van der Waals surface area contributed by atoms with Gasteiger partial charge in [0.05, 0.1) is 13.2 Å². The van der Waals surface area contributed by atoms with E-state index in [1.807, 2.05) is 6.07 Å². The SMILES string of the molecule is COc1ccc(C(=O)NCc2cccc(NC(=O)CC#N)c2)cc1. The lowest BCUT2D eigenvalue weighted by Gasteiger charge is -2.08. The van der Waals surface area contributed by atoms with Crippen molar-refractivity contribution in [2.45, 2.75) is 13.0 Å². The molecule has 0 radical (unpaired) electrons. The van der Waals surface area contributed by atoms with Gasteiger partial charge in [0.15, 0.2) is 0 Å². The molecule has 2 N–H and O–H groups in total. The van der Waals surface area contributed by atoms with Crippen LogP contribution in [0.5, 0.6) is 5.75 Å². The molecule has 0 aliphatic heterocycles. The lowest BCUT2D eigenvalue weighted by molar-refractivity contribution is -0.115. The molecule has 0 saturated carbocycles. The Labute approximate surface area is 140 Å². The minimum Gasteiger partial charge on any atom is -0.497 e. The van der Waals surface area contributed by atoms with E-state index in [1.54, 1.807) is 55.6 Å². The summed E-state index contributed by atoms with van der Waals surface area (Å²) in [5.41, 5.74) is 1.97. The molecular weight excluding hydrogens is 306 g/mol. The van der Waals surface area contributed by atoms with Crippen LogP contribution in [0.25, 0.3) is 0 Å². The Morgan fingerprint density at radius 2 is 1.92 bits per heavy atom. The summed E-state index contributed by atoms with van der Waals surface area (Å²) in [5.74, 6) is 0.126. The topological polar surface area (TPSA) is 91.2 Å². The van der Waals surface area contributed by atoms with Crippen LogP contribution in [0.15, 0.2) is 48.5 Å². The zero-order valence-electron chi connectivity index (χ0n) is 13.2. The average molecular weight is 323 g/mol. The maximum absolute atomic E-state index is 12.1. The standard InChI is InChI=1S/C18H17N3O3/c1-24-16-7-5-14(6-8-16)18(23)20-12-13-3-2-4-15(11-13)21-17(22)9-10-19/h2-8,11H,9,12H2,1H3,(H,20,23)(H,21,22). The summed E-state index contributed by atoms with van der Waals surface area (Å²) in [6.07, 6.45) is -0.196. The second kappa shape index (κ2) is 8.34. The van der Waals surface area contributed by atoms with E-state index in [0.29, 0.717) is 23.5 Å². The van der Waals surface area contributed by atoms with Gasteiger partial charge in [-0.15, -0.1) is 0 Å². The van der Waals surface area contributed by atoms with Crippen molar-refractivity contribution in [1.29, 1.82) is 5.26 Å². The number of nitrogens with one attached hydrogen (secondary N) is 2. The molecule has 122 valence electrons. The molecule has 2 aromatic rings. The number of ether oxygens (including phenoxy) is 1. The molecule has 6 heteroatoms. The Morgan fingerprint density at radius 3 is 2.58 bits per heavy atom. The molecule has 2 aromatic carbocycles. The first-order valence-electron chi connectivity index (χ1n) is 7.30. The zero-order valence-corrected chi connectivity index (χ0v) is 13.2. The van der Waals surface area contributed by atoms with Gasteiger partial charge < -0.3 is 15.4 Å². The molecule has 0 fully saturated rings. The van der Waals surface area contributed by atoms with Crippen molar-refractivity contribution in [3.8, 4) is 11.8 Å². The van der Waals surface area contributed by atoms with E-state index >= 15 is 0 Å². The Kier molecular flexibility index (Phi) is 5.92. The quantitative estimate of drug-likeness (QED) is 0.854. The predicted molar refractivity (Wildman–Crippen MR) is 89.5 cm³/mol. The van der Waals surface area contributed by atoms with E-state index in [-0.39, 0.29) is 18.2 Å². The molecule has 0 spiro atoms. The summed E-state index contributed by atoms with van der Waals surface area (Å²) in [5, 5.41) is 13.9. The third kappa shape index (κ3) is 4.85. The first kappa shape index (κ1) is 17.0. The summed E-state index contributed by atoms with van der Waals surface area (Å²) in [4.78, 5) is 23.5. The largest absolute Gasteiger partial charge is 0.497 e. The van der Waals surface area contributed by atoms with Gasteiger partial charge in [-0.05, 0) is 42.0 Å². The van der Waals surface area contributed by atoms with Gasteiger partial charge in [0.1, 0.15) is 12.2 Å². The number of methoxy groups -OCH3 is 1. The molecule has 0 saturated heterocycles. The Hall–Kier alpha value is -3.33. The van der Waals surface area contributed by atoms with E-state index in [4.69, 9.17) is 10.00 Å². The van der Waals surface area contributed by atoms with Gasteiger partial charge in [0.2, 0.25) is 5.91 Å². The fraction of sp³-hybridized carbons (Fsp3) is 0.167. The van der Waals surface area contributed by atoms with Gasteiger partial charge in [-0.3, -0.25) is 9.59 Å². The molecule has 0 aromatic heterocycles. The smallest absolute Gasteiger partial charge is 0.251 e. The number of anilines is 1. The van der Waals surface area contributed by atoms with Gasteiger partial charge in [0.25, 0.3) is 5.91 Å². The lowest BCUT2D eigenvalue weighted by Crippen LogP contribution is -2.22. The fourth-order valence-electron chi connectivity index (χ4n) is 2.06. The third-order valence-electron chi connectivity index (χ3n) is 3.26. The van der Waals surface area contributed by atoms with Crippen LogP contribution < -0.4 is 15.4 Å². The highest BCUT2D eigenvalue weighted by atomic mass is 16.5. The molecular formula is C18H17N3O3. The van der Waals surface area contributed by atoms with E-state index in [1.165, 1.54) is 0 Å². The highest BCUT2D eigenvalue weighted by Gasteiger charge is 2.06. The van der Waals surface area contributed by atoms with Gasteiger partial charge in [-0.2, -0.15) is 5.26 Å². The van der Waals surface area contributed by atoms with Crippen LogP contribution in [-0.2, 0) is 11.3 Å². The molecule has 0 heterocycles. The van der Waals surface area contributed by atoms with E-state index < -0.39 is 0 Å². The van der Waals surface area contributed by atoms with Crippen LogP contribution in [-0.4, -0.2) is 18.9 Å². The molecule has 0 aliphatic carbocycles. The second-order valence-corrected chi connectivity index (χ2v) is 4.99. The molecule has 2 rings (SSSR count). The molecule has 24 heavy (non-hydrogen) atoms. The number of hydrogen-bond donors (Lipinski definition) is 2. The van der Waals surface area contributed by atoms with Crippen molar-refractivity contribution in [2.24, 2.45) is 0 Å². The van der Waals surface area contributed by atoms with Crippen molar-refractivity contribution in [2.75, 3.05) is 12.4 Å². The first-order chi connectivity index (χ1) is 11.6. The number of carbonyl (C=O) groups excluding carboxylic acids is 2. The Morgan fingerprint density at radius 1 is 1.17 bits per heavy atom. The number of benzene rings is 2. The van der Waals surface area contributed by atoms with E-state index in [9.17, 15) is 9.59 Å². The molecule has 0 bridgehead atoms.